The van der Waals surface area contributed by atoms with Crippen molar-refractivity contribution in [3.8, 4) is 0 Å². The lowest BCUT2D eigenvalue weighted by Gasteiger charge is -2.46. The number of ether oxygens (including phenoxy) is 2. The Balaban J connectivity index is 3.36. The molecule has 1 aliphatic rings. The van der Waals surface area contributed by atoms with E-state index in [9.17, 15) is 9.59 Å². The van der Waals surface area contributed by atoms with Crippen molar-refractivity contribution in [3.63, 3.8) is 0 Å². The second-order valence-corrected chi connectivity index (χ2v) is 5.43. The van der Waals surface area contributed by atoms with Crippen molar-refractivity contribution in [2.75, 3.05) is 41.4 Å². The number of likely N-dealkylation sites (N-methyl/N-ethyl adjacent to an activating group) is 2. The fraction of sp³-hybridized carbons (Fsp3) is 0.583. The maximum Gasteiger partial charge on any atom is 0.337 e. The summed E-state index contributed by atoms with van der Waals surface area (Å²) in [5.41, 5.74) is 0.0363. The van der Waals surface area contributed by atoms with E-state index < -0.39 is 16.8 Å². The molecule has 1 aliphatic heterocycles. The molecule has 0 aromatic rings. The molecular weight excluding hydrogens is 300 g/mol. The van der Waals surface area contributed by atoms with Crippen molar-refractivity contribution in [2.24, 2.45) is 0 Å². The Bertz CT molecular complexity index is 466. The van der Waals surface area contributed by atoms with Gasteiger partial charge in [0.2, 0.25) is 0 Å². The first kappa shape index (κ1) is 16.9. The van der Waals surface area contributed by atoms with Crippen LogP contribution in [-0.2, 0) is 19.1 Å². The molecule has 0 aromatic heterocycles. The maximum absolute atomic E-state index is 12.0. The van der Waals surface area contributed by atoms with E-state index >= 15 is 0 Å². The number of methoxy groups -OCH3 is 2. The zero-order chi connectivity index (χ0) is 15.5. The van der Waals surface area contributed by atoms with Crippen LogP contribution in [0, 0.1) is 0 Å². The fourth-order valence-corrected chi connectivity index (χ4v) is 2.69. The quantitative estimate of drug-likeness (QED) is 0.342. The highest BCUT2D eigenvalue weighted by Gasteiger charge is 2.47. The van der Waals surface area contributed by atoms with Gasteiger partial charge in [-0.25, -0.2) is 9.59 Å². The molecule has 1 heterocycles. The highest BCUT2D eigenvalue weighted by atomic mass is 32.1. The first-order valence-electron chi connectivity index (χ1n) is 5.86. The van der Waals surface area contributed by atoms with Crippen LogP contribution in [0.15, 0.2) is 11.6 Å². The normalized spacial score (nSPS) is 24.6. The maximum atomic E-state index is 12.0. The zero-order valence-electron chi connectivity index (χ0n) is 11.9. The summed E-state index contributed by atoms with van der Waals surface area (Å²) in [6, 6.07) is 0. The molecule has 0 spiro atoms. The Hall–Kier alpha value is -1.12. The van der Waals surface area contributed by atoms with Crippen LogP contribution < -0.4 is 0 Å². The average molecular weight is 318 g/mol. The largest absolute Gasteiger partial charge is 0.466 e. The second-order valence-electron chi connectivity index (χ2n) is 4.39. The Morgan fingerprint density at radius 3 is 2.40 bits per heavy atom. The lowest BCUT2D eigenvalue weighted by Crippen LogP contribution is -2.62. The van der Waals surface area contributed by atoms with Gasteiger partial charge in [0.1, 0.15) is 9.86 Å². The summed E-state index contributed by atoms with van der Waals surface area (Å²) in [7, 11) is 6.06. The molecular formula is C12H18N2O4S2. The molecule has 0 N–H and O–H groups in total. The summed E-state index contributed by atoms with van der Waals surface area (Å²) in [5.74, 6) is -1.34. The van der Waals surface area contributed by atoms with Gasteiger partial charge in [0.25, 0.3) is 0 Å². The molecule has 1 fully saturated rings. The molecule has 112 valence electrons. The Kier molecular flexibility index (Phi) is 5.55. The highest BCUT2D eigenvalue weighted by molar-refractivity contribution is 7.87. The number of carbonyl (C=O) groups excluding carboxylic acids is 2. The topological polar surface area (TPSA) is 59.1 Å². The number of nitrogens with zero attached hydrogens (tertiary/aromatic N) is 2. The molecule has 0 amide bonds. The van der Waals surface area contributed by atoms with E-state index in [2.05, 4.69) is 17.4 Å². The monoisotopic (exact) mass is 318 g/mol. The summed E-state index contributed by atoms with van der Waals surface area (Å²) in [4.78, 5) is 26.4. The van der Waals surface area contributed by atoms with Gasteiger partial charge in [0, 0.05) is 26.2 Å². The van der Waals surface area contributed by atoms with Gasteiger partial charge in [-0.15, -0.1) is 12.6 Å². The molecule has 0 saturated carbocycles. The van der Waals surface area contributed by atoms with Crippen LogP contribution in [0.2, 0.25) is 0 Å². The van der Waals surface area contributed by atoms with E-state index in [4.69, 9.17) is 17.0 Å². The van der Waals surface area contributed by atoms with Crippen molar-refractivity contribution in [3.05, 3.63) is 11.6 Å². The third-order valence-electron chi connectivity index (χ3n) is 3.21. The van der Waals surface area contributed by atoms with E-state index in [0.29, 0.717) is 18.1 Å². The molecule has 1 saturated heterocycles. The molecule has 20 heavy (non-hydrogen) atoms. The predicted octanol–water partition coefficient (Wildman–Crippen LogP) is 0.0895. The number of piperazine rings is 1. The molecule has 8 heteroatoms. The summed E-state index contributed by atoms with van der Waals surface area (Å²) < 4.78 is 9.32. The number of hydrogen-bond donors (Lipinski definition) is 1. The summed E-state index contributed by atoms with van der Waals surface area (Å²) >= 11 is 9.95. The Labute approximate surface area is 129 Å². The van der Waals surface area contributed by atoms with Crippen LogP contribution >= 0.6 is 24.8 Å². The van der Waals surface area contributed by atoms with Crippen LogP contribution in [0.3, 0.4) is 0 Å². The van der Waals surface area contributed by atoms with Gasteiger partial charge < -0.3 is 14.4 Å². The van der Waals surface area contributed by atoms with Gasteiger partial charge in [0.15, 0.2) is 0 Å². The van der Waals surface area contributed by atoms with Crippen LogP contribution in [0.4, 0.5) is 0 Å². The molecule has 0 aliphatic carbocycles. The minimum absolute atomic E-state index is 0.0363. The Morgan fingerprint density at radius 2 is 1.90 bits per heavy atom. The molecule has 0 radical (unpaired) electrons. The SMILES string of the molecule is COC(=O)/C=C(\C(=O)OC)C1(S)C(=S)N(C)CCN1C. The van der Waals surface area contributed by atoms with Crippen molar-refractivity contribution in [2.45, 2.75) is 4.87 Å². The van der Waals surface area contributed by atoms with Crippen LogP contribution in [0.1, 0.15) is 0 Å². The molecule has 1 unspecified atom stereocenters. The minimum Gasteiger partial charge on any atom is -0.466 e. The third-order valence-corrected chi connectivity index (χ3v) is 4.76. The van der Waals surface area contributed by atoms with Gasteiger partial charge >= 0.3 is 11.9 Å². The van der Waals surface area contributed by atoms with E-state index in [-0.39, 0.29) is 5.57 Å². The third kappa shape index (κ3) is 2.97. The molecule has 1 atom stereocenters. The smallest absolute Gasteiger partial charge is 0.337 e. The highest BCUT2D eigenvalue weighted by Crippen LogP contribution is 2.34. The van der Waals surface area contributed by atoms with E-state index in [1.807, 2.05) is 11.9 Å². The van der Waals surface area contributed by atoms with Crippen LogP contribution in [-0.4, -0.2) is 73.0 Å². The van der Waals surface area contributed by atoms with Gasteiger partial charge in [-0.2, -0.15) is 0 Å². The number of thiol groups is 1. The zero-order valence-corrected chi connectivity index (χ0v) is 13.6. The molecule has 6 nitrogen and oxygen atoms in total. The number of thiocarbonyl (C=S) groups is 1. The molecule has 1 rings (SSSR count). The van der Waals surface area contributed by atoms with Gasteiger partial charge in [-0.05, 0) is 7.05 Å². The van der Waals surface area contributed by atoms with Crippen molar-refractivity contribution in [1.29, 1.82) is 0 Å². The average Bonchev–Trinajstić information content (AvgIpc) is 2.45. The Morgan fingerprint density at radius 1 is 1.30 bits per heavy atom. The van der Waals surface area contributed by atoms with E-state index in [1.54, 1.807) is 11.9 Å². The van der Waals surface area contributed by atoms with Crippen LogP contribution in [0.5, 0.6) is 0 Å². The second kappa shape index (κ2) is 6.55. The van der Waals surface area contributed by atoms with Gasteiger partial charge in [-0.3, -0.25) is 4.90 Å². The summed E-state index contributed by atoms with van der Waals surface area (Å²) in [5, 5.41) is 0. The summed E-state index contributed by atoms with van der Waals surface area (Å²) in [6.07, 6.45) is 1.07. The van der Waals surface area contributed by atoms with Crippen molar-refractivity contribution in [1.82, 2.24) is 9.80 Å². The van der Waals surface area contributed by atoms with Crippen LogP contribution in [0.25, 0.3) is 0 Å². The minimum atomic E-state index is -1.19. The van der Waals surface area contributed by atoms with Gasteiger partial charge in [0.05, 0.1) is 19.8 Å². The number of hydrogen-bond acceptors (Lipinski definition) is 7. The molecule has 0 aromatic carbocycles. The first-order valence-corrected chi connectivity index (χ1v) is 6.72. The summed E-state index contributed by atoms with van der Waals surface area (Å²) in [6.45, 7) is 1.35. The number of carbonyl (C=O) groups is 2. The fourth-order valence-electron chi connectivity index (χ4n) is 1.90. The van der Waals surface area contributed by atoms with Gasteiger partial charge in [-0.1, -0.05) is 12.2 Å². The lowest BCUT2D eigenvalue weighted by atomic mass is 10.0. The standard InChI is InChI=1S/C12H18N2O4S2/c1-13-5-6-14(2)12(20,11(13)19)8(10(16)18-4)7-9(15)17-3/h7,20H,5-6H2,1-4H3/b8-7+. The van der Waals surface area contributed by atoms with E-state index in [1.165, 1.54) is 14.2 Å². The number of esters is 2. The first-order chi connectivity index (χ1) is 9.28. The number of rotatable bonds is 3. The predicted molar refractivity (Wildman–Crippen MR) is 81.7 cm³/mol. The lowest BCUT2D eigenvalue weighted by molar-refractivity contribution is -0.139. The van der Waals surface area contributed by atoms with Crippen molar-refractivity contribution < 1.29 is 19.1 Å². The van der Waals surface area contributed by atoms with Crippen molar-refractivity contribution >= 4 is 41.8 Å². The molecule has 0 bridgehead atoms. The van der Waals surface area contributed by atoms with E-state index in [0.717, 1.165) is 6.08 Å².